The van der Waals surface area contributed by atoms with Gasteiger partial charge < -0.3 is 10.5 Å². The van der Waals surface area contributed by atoms with Crippen LogP contribution in [0.2, 0.25) is 0 Å². The highest BCUT2D eigenvalue weighted by molar-refractivity contribution is 5.72. The topological polar surface area (TPSA) is 90.4 Å². The summed E-state index contributed by atoms with van der Waals surface area (Å²) < 4.78 is 5.39. The van der Waals surface area contributed by atoms with Crippen LogP contribution >= 0.6 is 0 Å². The zero-order valence-corrected chi connectivity index (χ0v) is 10.7. The number of rotatable bonds is 5. The number of carbonyl (C=O) groups excluding carboxylic acids is 1. The highest BCUT2D eigenvalue weighted by atomic mass is 16.5. The van der Waals surface area contributed by atoms with E-state index in [1.807, 2.05) is 42.5 Å². The first-order valence-corrected chi connectivity index (χ1v) is 5.99. The second-order valence-electron chi connectivity index (χ2n) is 4.04. The summed E-state index contributed by atoms with van der Waals surface area (Å²) in [6, 6.07) is 17.3. The minimum atomic E-state index is -0.0976. The number of carbonyl (C=O) groups is 1. The van der Waals surface area contributed by atoms with Crippen LogP contribution in [0, 0.1) is 0 Å². The second-order valence-corrected chi connectivity index (χ2v) is 4.04. The molecule has 2 aromatic carbocycles. The van der Waals surface area contributed by atoms with Gasteiger partial charge >= 0.3 is 0 Å². The van der Waals surface area contributed by atoms with Gasteiger partial charge in [0, 0.05) is 0 Å². The number of ether oxygens (including phenoxy) is 1. The van der Waals surface area contributed by atoms with Gasteiger partial charge in [0.05, 0.1) is 0 Å². The number of nitrogens with one attached hydrogen (secondary N) is 1. The Labute approximate surface area is 116 Å². The first-order chi connectivity index (χ1) is 9.74. The van der Waals surface area contributed by atoms with E-state index in [-0.39, 0.29) is 11.6 Å². The number of allylic oxidation sites excluding steroid dienone is 1. The first kappa shape index (κ1) is 13.6. The van der Waals surface area contributed by atoms with Gasteiger partial charge in [0.15, 0.2) is 6.29 Å². The van der Waals surface area contributed by atoms with E-state index >= 15 is 0 Å². The van der Waals surface area contributed by atoms with E-state index in [0.717, 1.165) is 11.1 Å². The summed E-state index contributed by atoms with van der Waals surface area (Å²) in [6.45, 7) is 0. The molecule has 102 valence electrons. The summed E-state index contributed by atoms with van der Waals surface area (Å²) in [5.41, 5.74) is 9.76. The third kappa shape index (κ3) is 3.15. The molecule has 0 aliphatic carbocycles. The molecule has 0 heterocycles. The number of nitrogens with two attached hydrogens (primary N) is 2. The normalized spacial score (nSPS) is 11.4. The summed E-state index contributed by atoms with van der Waals surface area (Å²) in [7, 11) is 0. The van der Waals surface area contributed by atoms with Crippen LogP contribution in [-0.4, -0.2) is 6.29 Å². The Morgan fingerprint density at radius 3 is 2.15 bits per heavy atom. The predicted molar refractivity (Wildman–Crippen MR) is 77.1 cm³/mol. The van der Waals surface area contributed by atoms with E-state index in [4.69, 9.17) is 16.3 Å². The summed E-state index contributed by atoms with van der Waals surface area (Å²) in [6.07, 6.45) is 0.466. The molecule has 0 unspecified atom stereocenters. The van der Waals surface area contributed by atoms with E-state index in [9.17, 15) is 4.79 Å². The van der Waals surface area contributed by atoms with Gasteiger partial charge in [0.2, 0.25) is 5.88 Å². The largest absolute Gasteiger partial charge is 0.438 e. The minimum Gasteiger partial charge on any atom is -0.438 e. The number of hydrogen-bond donors (Lipinski definition) is 3. The van der Waals surface area contributed by atoms with E-state index in [1.165, 1.54) is 0 Å². The molecule has 20 heavy (non-hydrogen) atoms. The van der Waals surface area contributed by atoms with Crippen molar-refractivity contribution in [2.45, 2.75) is 0 Å². The maximum atomic E-state index is 10.6. The van der Waals surface area contributed by atoms with Gasteiger partial charge in [-0.05, 0) is 23.3 Å². The lowest BCUT2D eigenvalue weighted by Crippen LogP contribution is -2.28. The molecule has 0 bridgehead atoms. The van der Waals surface area contributed by atoms with Gasteiger partial charge in [-0.2, -0.15) is 0 Å². The van der Waals surface area contributed by atoms with Crippen molar-refractivity contribution >= 4 is 6.29 Å². The Balaban J connectivity index is 2.19. The van der Waals surface area contributed by atoms with Crippen LogP contribution in [0.25, 0.3) is 11.1 Å². The molecule has 0 radical (unpaired) electrons. The highest BCUT2D eigenvalue weighted by Gasteiger charge is 2.05. The van der Waals surface area contributed by atoms with E-state index in [2.05, 4.69) is 5.43 Å². The fourth-order valence-corrected chi connectivity index (χ4v) is 1.69. The van der Waals surface area contributed by atoms with Crippen LogP contribution in [0.15, 0.2) is 66.2 Å². The fraction of sp³-hybridized carbons (Fsp3) is 0. The molecule has 0 aromatic heterocycles. The lowest BCUT2D eigenvalue weighted by Gasteiger charge is -2.10. The molecule has 0 aliphatic rings. The Kier molecular flexibility index (Phi) is 4.36. The molecule has 5 N–H and O–H groups in total. The monoisotopic (exact) mass is 269 g/mol. The molecule has 0 aliphatic heterocycles. The van der Waals surface area contributed by atoms with Crippen LogP contribution in [0.1, 0.15) is 0 Å². The quantitative estimate of drug-likeness (QED) is 0.252. The Morgan fingerprint density at radius 2 is 1.60 bits per heavy atom. The zero-order valence-electron chi connectivity index (χ0n) is 10.7. The number of aldehydes is 1. The lowest BCUT2D eigenvalue weighted by molar-refractivity contribution is -0.105. The maximum Gasteiger partial charge on any atom is 0.234 e. The van der Waals surface area contributed by atoms with Crippen molar-refractivity contribution in [3.63, 3.8) is 0 Å². The molecule has 2 rings (SSSR count). The average molecular weight is 269 g/mol. The molecule has 5 heteroatoms. The lowest BCUT2D eigenvalue weighted by atomic mass is 10.1. The summed E-state index contributed by atoms with van der Waals surface area (Å²) in [5, 5.41) is 0. The predicted octanol–water partition coefficient (Wildman–Crippen LogP) is 1.52. The van der Waals surface area contributed by atoms with E-state index in [1.54, 1.807) is 12.1 Å². The Morgan fingerprint density at radius 1 is 1.00 bits per heavy atom. The molecule has 2 aromatic rings. The second kappa shape index (κ2) is 6.40. The smallest absolute Gasteiger partial charge is 0.234 e. The van der Waals surface area contributed by atoms with Gasteiger partial charge in [-0.15, -0.1) is 0 Å². The van der Waals surface area contributed by atoms with Gasteiger partial charge in [0.1, 0.15) is 11.4 Å². The molecule has 5 nitrogen and oxygen atoms in total. The van der Waals surface area contributed by atoms with Crippen molar-refractivity contribution in [2.75, 3.05) is 0 Å². The minimum absolute atomic E-state index is 0.0208. The van der Waals surface area contributed by atoms with Crippen LogP contribution < -0.4 is 21.7 Å². The average Bonchev–Trinajstić information content (AvgIpc) is 2.53. The first-order valence-electron chi connectivity index (χ1n) is 5.99. The van der Waals surface area contributed by atoms with Crippen molar-refractivity contribution < 1.29 is 9.53 Å². The molecule has 0 spiro atoms. The van der Waals surface area contributed by atoms with Crippen molar-refractivity contribution in [3.05, 3.63) is 66.2 Å². The molecular weight excluding hydrogens is 254 g/mol. The van der Waals surface area contributed by atoms with Crippen molar-refractivity contribution in [1.82, 2.24) is 5.43 Å². The van der Waals surface area contributed by atoms with E-state index < -0.39 is 0 Å². The number of hydrogen-bond acceptors (Lipinski definition) is 5. The molecule has 0 saturated heterocycles. The molecular formula is C15H15N3O2. The van der Waals surface area contributed by atoms with Gasteiger partial charge in [-0.3, -0.25) is 10.2 Å². The zero-order chi connectivity index (χ0) is 14.4. The molecule has 0 saturated carbocycles. The van der Waals surface area contributed by atoms with Crippen molar-refractivity contribution in [1.29, 1.82) is 0 Å². The standard InChI is InChI=1S/C15H15N3O2/c16-14(10-19)15(18-17)20-13-8-6-12(7-9-13)11-4-2-1-3-5-11/h1-10,18H,16-17H2/b15-14+. The summed E-state index contributed by atoms with van der Waals surface area (Å²) in [5.74, 6) is 5.80. The highest BCUT2D eigenvalue weighted by Crippen LogP contribution is 2.22. The van der Waals surface area contributed by atoms with Crippen LogP contribution in [0.4, 0.5) is 0 Å². The van der Waals surface area contributed by atoms with Crippen molar-refractivity contribution in [2.24, 2.45) is 11.6 Å². The molecule has 0 amide bonds. The third-order valence-corrected chi connectivity index (χ3v) is 2.70. The van der Waals surface area contributed by atoms with Gasteiger partial charge in [-0.1, -0.05) is 42.5 Å². The maximum absolute atomic E-state index is 10.6. The third-order valence-electron chi connectivity index (χ3n) is 2.70. The Bertz CT molecular complexity index is 607. The van der Waals surface area contributed by atoms with Crippen LogP contribution in [0.5, 0.6) is 5.75 Å². The fourth-order valence-electron chi connectivity index (χ4n) is 1.69. The number of benzene rings is 2. The SMILES string of the molecule is NN/C(Oc1ccc(-c2ccccc2)cc1)=C(\N)C=O. The van der Waals surface area contributed by atoms with Crippen LogP contribution in [0.3, 0.4) is 0 Å². The van der Waals surface area contributed by atoms with Crippen molar-refractivity contribution in [3.8, 4) is 16.9 Å². The molecule has 0 atom stereocenters. The summed E-state index contributed by atoms with van der Waals surface area (Å²) in [4.78, 5) is 10.6. The molecule has 0 fully saturated rings. The van der Waals surface area contributed by atoms with Gasteiger partial charge in [0.25, 0.3) is 0 Å². The summed E-state index contributed by atoms with van der Waals surface area (Å²) >= 11 is 0. The van der Waals surface area contributed by atoms with E-state index in [0.29, 0.717) is 12.0 Å². The van der Waals surface area contributed by atoms with Gasteiger partial charge in [-0.25, -0.2) is 5.84 Å². The number of hydrazine groups is 1. The van der Waals surface area contributed by atoms with Crippen LogP contribution in [-0.2, 0) is 4.79 Å². The Hall–Kier alpha value is -2.79.